The SMILES string of the molecule is CCNC(=NCC(C)Oc1ccccc1Br)NCC1CN(C)CCN1C.I. The van der Waals surface area contributed by atoms with Crippen molar-refractivity contribution < 1.29 is 4.74 Å². The van der Waals surface area contributed by atoms with Crippen molar-refractivity contribution in [3.8, 4) is 5.75 Å². The Morgan fingerprint density at radius 1 is 1.30 bits per heavy atom. The van der Waals surface area contributed by atoms with Gasteiger partial charge in [-0.25, -0.2) is 4.99 Å². The summed E-state index contributed by atoms with van der Waals surface area (Å²) >= 11 is 3.51. The second-order valence-corrected chi connectivity index (χ2v) is 7.71. The van der Waals surface area contributed by atoms with Crippen LogP contribution in [0.3, 0.4) is 0 Å². The summed E-state index contributed by atoms with van der Waals surface area (Å²) in [6, 6.07) is 8.38. The molecule has 1 aliphatic heterocycles. The van der Waals surface area contributed by atoms with E-state index in [9.17, 15) is 0 Å². The molecule has 27 heavy (non-hydrogen) atoms. The Bertz CT molecular complexity index is 589. The molecule has 0 aliphatic carbocycles. The van der Waals surface area contributed by atoms with E-state index in [1.165, 1.54) is 0 Å². The lowest BCUT2D eigenvalue weighted by Gasteiger charge is -2.37. The molecule has 1 aromatic rings. The number of rotatable bonds is 7. The molecule has 6 nitrogen and oxygen atoms in total. The molecule has 154 valence electrons. The van der Waals surface area contributed by atoms with Gasteiger partial charge in [0, 0.05) is 38.8 Å². The molecule has 0 radical (unpaired) electrons. The van der Waals surface area contributed by atoms with Gasteiger partial charge in [-0.1, -0.05) is 12.1 Å². The number of nitrogens with one attached hydrogen (secondary N) is 2. The largest absolute Gasteiger partial charge is 0.488 e. The van der Waals surface area contributed by atoms with Gasteiger partial charge in [-0.15, -0.1) is 24.0 Å². The van der Waals surface area contributed by atoms with Crippen molar-refractivity contribution in [1.29, 1.82) is 0 Å². The first-order chi connectivity index (χ1) is 12.5. The Kier molecular flexibility index (Phi) is 11.6. The summed E-state index contributed by atoms with van der Waals surface area (Å²) in [6.45, 7) is 9.74. The molecule has 2 rings (SSSR count). The minimum absolute atomic E-state index is 0. The van der Waals surface area contributed by atoms with Crippen molar-refractivity contribution in [2.45, 2.75) is 26.0 Å². The molecular formula is C19H33BrIN5O. The average Bonchev–Trinajstić information content (AvgIpc) is 2.62. The first-order valence-corrected chi connectivity index (χ1v) is 10.1. The van der Waals surface area contributed by atoms with Crippen molar-refractivity contribution in [3.05, 3.63) is 28.7 Å². The molecule has 1 aliphatic rings. The summed E-state index contributed by atoms with van der Waals surface area (Å²) in [5, 5.41) is 6.80. The van der Waals surface area contributed by atoms with E-state index in [1.54, 1.807) is 0 Å². The minimum atomic E-state index is -0.00681. The number of hydrogen-bond acceptors (Lipinski definition) is 4. The Balaban J connectivity index is 0.00000364. The van der Waals surface area contributed by atoms with Gasteiger partial charge >= 0.3 is 0 Å². The van der Waals surface area contributed by atoms with E-state index in [-0.39, 0.29) is 30.1 Å². The maximum Gasteiger partial charge on any atom is 0.191 e. The number of likely N-dealkylation sites (N-methyl/N-ethyl adjacent to an activating group) is 2. The van der Waals surface area contributed by atoms with Crippen LogP contribution in [0.5, 0.6) is 5.75 Å². The van der Waals surface area contributed by atoms with Gasteiger partial charge in [-0.3, -0.25) is 4.90 Å². The number of piperazine rings is 1. The van der Waals surface area contributed by atoms with Crippen LogP contribution in [-0.2, 0) is 0 Å². The van der Waals surface area contributed by atoms with Crippen molar-refractivity contribution in [3.63, 3.8) is 0 Å². The predicted molar refractivity (Wildman–Crippen MR) is 128 cm³/mol. The third-order valence-corrected chi connectivity index (χ3v) is 5.16. The van der Waals surface area contributed by atoms with Gasteiger partial charge in [0.05, 0.1) is 11.0 Å². The van der Waals surface area contributed by atoms with Crippen LogP contribution in [-0.4, -0.2) is 81.3 Å². The summed E-state index contributed by atoms with van der Waals surface area (Å²) in [5.74, 6) is 1.69. The van der Waals surface area contributed by atoms with Crippen LogP contribution in [0.25, 0.3) is 0 Å². The normalized spacial score (nSPS) is 19.9. The molecule has 2 atom stereocenters. The highest BCUT2D eigenvalue weighted by Crippen LogP contribution is 2.24. The summed E-state index contributed by atoms with van der Waals surface area (Å²) in [6.07, 6.45) is -0.00681. The Hall–Kier alpha value is -0.580. The number of nitrogens with zero attached hydrogens (tertiary/aromatic N) is 3. The number of halogens is 2. The van der Waals surface area contributed by atoms with Crippen molar-refractivity contribution >= 4 is 45.9 Å². The van der Waals surface area contributed by atoms with Crippen molar-refractivity contribution in [1.82, 2.24) is 20.4 Å². The number of guanidine groups is 1. The van der Waals surface area contributed by atoms with Crippen LogP contribution in [0, 0.1) is 0 Å². The second-order valence-electron chi connectivity index (χ2n) is 6.86. The lowest BCUT2D eigenvalue weighted by molar-refractivity contribution is 0.116. The van der Waals surface area contributed by atoms with Gasteiger partial charge in [-0.05, 0) is 56.0 Å². The molecule has 0 amide bonds. The molecule has 0 saturated carbocycles. The van der Waals surface area contributed by atoms with E-state index in [0.717, 1.165) is 48.9 Å². The summed E-state index contributed by atoms with van der Waals surface area (Å²) in [4.78, 5) is 9.48. The lowest BCUT2D eigenvalue weighted by Crippen LogP contribution is -2.55. The fourth-order valence-electron chi connectivity index (χ4n) is 2.89. The van der Waals surface area contributed by atoms with Gasteiger partial charge in [0.2, 0.25) is 0 Å². The van der Waals surface area contributed by atoms with Crippen LogP contribution in [0.2, 0.25) is 0 Å². The molecule has 8 heteroatoms. The monoisotopic (exact) mass is 553 g/mol. The first-order valence-electron chi connectivity index (χ1n) is 9.31. The van der Waals surface area contributed by atoms with Crippen LogP contribution in [0.15, 0.2) is 33.7 Å². The fourth-order valence-corrected chi connectivity index (χ4v) is 3.27. The third-order valence-electron chi connectivity index (χ3n) is 4.50. The minimum Gasteiger partial charge on any atom is -0.488 e. The topological polar surface area (TPSA) is 52.1 Å². The molecule has 1 fully saturated rings. The van der Waals surface area contributed by atoms with E-state index in [2.05, 4.69) is 62.4 Å². The molecule has 1 aromatic carbocycles. The standard InChI is InChI=1S/C19H32BrN5O.HI/c1-5-21-19(23-13-16-14-24(3)10-11-25(16)4)22-12-15(2)26-18-9-7-6-8-17(18)20;/h6-9,15-16H,5,10-14H2,1-4H3,(H2,21,22,23);1H. The number of hydrogen-bond donors (Lipinski definition) is 2. The van der Waals surface area contributed by atoms with Crippen LogP contribution >= 0.6 is 39.9 Å². The quantitative estimate of drug-likeness (QED) is 0.309. The molecular weight excluding hydrogens is 521 g/mol. The van der Waals surface area contributed by atoms with Crippen molar-refractivity contribution in [2.75, 3.05) is 53.4 Å². The highest BCUT2D eigenvalue weighted by atomic mass is 127. The number of para-hydroxylation sites is 1. The summed E-state index contributed by atoms with van der Waals surface area (Å²) in [7, 11) is 4.37. The van der Waals surface area contributed by atoms with E-state index in [1.807, 2.05) is 31.2 Å². The van der Waals surface area contributed by atoms with Gasteiger partial charge in [0.15, 0.2) is 5.96 Å². The first kappa shape index (κ1) is 24.5. The maximum atomic E-state index is 5.97. The van der Waals surface area contributed by atoms with E-state index in [4.69, 9.17) is 4.74 Å². The van der Waals surface area contributed by atoms with Crippen molar-refractivity contribution in [2.24, 2.45) is 4.99 Å². The zero-order valence-electron chi connectivity index (χ0n) is 16.7. The molecule has 0 bridgehead atoms. The van der Waals surface area contributed by atoms with Gasteiger partial charge < -0.3 is 20.3 Å². The smallest absolute Gasteiger partial charge is 0.191 e. The van der Waals surface area contributed by atoms with Crippen LogP contribution in [0.1, 0.15) is 13.8 Å². The zero-order valence-corrected chi connectivity index (χ0v) is 20.7. The summed E-state index contributed by atoms with van der Waals surface area (Å²) in [5.41, 5.74) is 0. The Labute approximate surface area is 189 Å². The van der Waals surface area contributed by atoms with Gasteiger partial charge in [-0.2, -0.15) is 0 Å². The summed E-state index contributed by atoms with van der Waals surface area (Å²) < 4.78 is 6.94. The molecule has 0 aromatic heterocycles. The number of aliphatic imine (C=N–C) groups is 1. The van der Waals surface area contributed by atoms with Crippen LogP contribution in [0.4, 0.5) is 0 Å². The van der Waals surface area contributed by atoms with E-state index in [0.29, 0.717) is 12.6 Å². The molecule has 1 heterocycles. The van der Waals surface area contributed by atoms with Crippen LogP contribution < -0.4 is 15.4 Å². The molecule has 1 saturated heterocycles. The predicted octanol–water partition coefficient (Wildman–Crippen LogP) is 2.64. The van der Waals surface area contributed by atoms with Gasteiger partial charge in [0.25, 0.3) is 0 Å². The Morgan fingerprint density at radius 3 is 2.74 bits per heavy atom. The number of benzene rings is 1. The maximum absolute atomic E-state index is 5.97. The highest BCUT2D eigenvalue weighted by Gasteiger charge is 2.22. The van der Waals surface area contributed by atoms with Gasteiger partial charge in [0.1, 0.15) is 11.9 Å². The number of ether oxygens (including phenoxy) is 1. The molecule has 2 unspecified atom stereocenters. The molecule has 2 N–H and O–H groups in total. The third kappa shape index (κ3) is 8.53. The fraction of sp³-hybridized carbons (Fsp3) is 0.632. The van der Waals surface area contributed by atoms with E-state index >= 15 is 0 Å². The second kappa shape index (κ2) is 12.8. The average molecular weight is 554 g/mol. The highest BCUT2D eigenvalue weighted by molar-refractivity contribution is 14.0. The molecule has 0 spiro atoms. The Morgan fingerprint density at radius 2 is 2.04 bits per heavy atom. The lowest BCUT2D eigenvalue weighted by atomic mass is 10.2. The van der Waals surface area contributed by atoms with E-state index < -0.39 is 0 Å². The zero-order chi connectivity index (χ0) is 18.9.